The van der Waals surface area contributed by atoms with Gasteiger partial charge in [0.25, 0.3) is 0 Å². The fraction of sp³-hybridized carbons (Fsp3) is 0.318. The minimum atomic E-state index is -0.394. The molecule has 8 nitrogen and oxygen atoms in total. The molecule has 1 aliphatic rings. The average molecular weight is 404 g/mol. The molecule has 0 amide bonds. The molecule has 0 radical (unpaired) electrons. The van der Waals surface area contributed by atoms with Crippen molar-refractivity contribution in [3.8, 4) is 11.3 Å². The maximum atomic E-state index is 12.2. The maximum Gasteiger partial charge on any atom is 0.343 e. The van der Waals surface area contributed by atoms with Gasteiger partial charge in [0.05, 0.1) is 12.3 Å². The van der Waals surface area contributed by atoms with Gasteiger partial charge in [-0.3, -0.25) is 0 Å². The van der Waals surface area contributed by atoms with E-state index in [1.165, 1.54) is 12.5 Å². The van der Waals surface area contributed by atoms with Crippen molar-refractivity contribution in [2.45, 2.75) is 13.8 Å². The maximum absolute atomic E-state index is 12.2. The number of ether oxygens (including phenoxy) is 1. The lowest BCUT2D eigenvalue weighted by Crippen LogP contribution is -2.47. The summed E-state index contributed by atoms with van der Waals surface area (Å²) in [6.45, 7) is 6.97. The monoisotopic (exact) mass is 404 g/mol. The summed E-state index contributed by atoms with van der Waals surface area (Å²) in [4.78, 5) is 34.2. The van der Waals surface area contributed by atoms with E-state index in [1.54, 1.807) is 6.92 Å². The number of aromatic nitrogens is 4. The fourth-order valence-corrected chi connectivity index (χ4v) is 3.55. The van der Waals surface area contributed by atoms with Gasteiger partial charge >= 0.3 is 5.97 Å². The van der Waals surface area contributed by atoms with Gasteiger partial charge < -0.3 is 14.5 Å². The molecule has 3 heterocycles. The number of benzene rings is 1. The van der Waals surface area contributed by atoms with Crippen LogP contribution in [0.4, 0.5) is 11.6 Å². The largest absolute Gasteiger partial charge is 0.462 e. The molecule has 3 aromatic rings. The molecule has 30 heavy (non-hydrogen) atoms. The summed E-state index contributed by atoms with van der Waals surface area (Å²) in [7, 11) is 0. The van der Waals surface area contributed by atoms with Gasteiger partial charge in [-0.2, -0.15) is 0 Å². The molecule has 0 atom stereocenters. The van der Waals surface area contributed by atoms with Crippen molar-refractivity contribution in [1.82, 2.24) is 19.9 Å². The van der Waals surface area contributed by atoms with Gasteiger partial charge in [-0.05, 0) is 13.8 Å². The Morgan fingerprint density at radius 1 is 1.07 bits per heavy atom. The Labute approximate surface area is 175 Å². The standard InChI is InChI=1S/C22H24N6O2/c1-3-30-22(29)18-14-23-15-24-21(18)28-11-9-27(10-12-28)20-13-19(25-16(2)26-20)17-7-5-4-6-8-17/h4-8,13-15H,3,9-12H2,1-2H3. The molecule has 1 saturated heterocycles. The highest BCUT2D eigenvalue weighted by atomic mass is 16.5. The van der Waals surface area contributed by atoms with Gasteiger partial charge in [0.15, 0.2) is 0 Å². The normalized spacial score (nSPS) is 13.9. The lowest BCUT2D eigenvalue weighted by molar-refractivity contribution is 0.0526. The Morgan fingerprint density at radius 2 is 1.80 bits per heavy atom. The van der Waals surface area contributed by atoms with Crippen LogP contribution >= 0.6 is 0 Å². The minimum Gasteiger partial charge on any atom is -0.462 e. The molecule has 1 aromatic carbocycles. The quantitative estimate of drug-likeness (QED) is 0.600. The van der Waals surface area contributed by atoms with Crippen LogP contribution in [0.2, 0.25) is 0 Å². The number of nitrogens with zero attached hydrogens (tertiary/aromatic N) is 6. The summed E-state index contributed by atoms with van der Waals surface area (Å²) < 4.78 is 5.15. The smallest absolute Gasteiger partial charge is 0.343 e. The summed E-state index contributed by atoms with van der Waals surface area (Å²) >= 11 is 0. The van der Waals surface area contributed by atoms with E-state index < -0.39 is 5.97 Å². The molecular weight excluding hydrogens is 380 g/mol. The Balaban J connectivity index is 1.51. The van der Waals surface area contributed by atoms with Crippen LogP contribution in [0.25, 0.3) is 11.3 Å². The predicted octanol–water partition coefficient (Wildman–Crippen LogP) is 2.75. The van der Waals surface area contributed by atoms with Crippen molar-refractivity contribution in [2.75, 3.05) is 42.6 Å². The second-order valence-corrected chi connectivity index (χ2v) is 6.98. The number of anilines is 2. The first-order valence-corrected chi connectivity index (χ1v) is 10.0. The van der Waals surface area contributed by atoms with Crippen LogP contribution in [0, 0.1) is 6.92 Å². The highest BCUT2D eigenvalue weighted by Gasteiger charge is 2.24. The SMILES string of the molecule is CCOC(=O)c1cncnc1N1CCN(c2cc(-c3ccccc3)nc(C)n2)CC1. The number of hydrogen-bond acceptors (Lipinski definition) is 8. The van der Waals surface area contributed by atoms with Crippen LogP contribution in [0.1, 0.15) is 23.1 Å². The second kappa shape index (κ2) is 8.86. The fourth-order valence-electron chi connectivity index (χ4n) is 3.55. The Bertz CT molecular complexity index is 1020. The van der Waals surface area contributed by atoms with Crippen molar-refractivity contribution >= 4 is 17.6 Å². The van der Waals surface area contributed by atoms with Crippen molar-refractivity contribution < 1.29 is 9.53 Å². The van der Waals surface area contributed by atoms with Gasteiger partial charge in [0.1, 0.15) is 29.4 Å². The van der Waals surface area contributed by atoms with Crippen LogP contribution in [0.5, 0.6) is 0 Å². The van der Waals surface area contributed by atoms with Crippen molar-refractivity contribution in [3.63, 3.8) is 0 Å². The van der Waals surface area contributed by atoms with Crippen LogP contribution in [-0.4, -0.2) is 58.7 Å². The molecule has 154 valence electrons. The van der Waals surface area contributed by atoms with Gasteiger partial charge in [0, 0.05) is 44.0 Å². The molecule has 4 rings (SSSR count). The first kappa shape index (κ1) is 19.8. The number of piperazine rings is 1. The average Bonchev–Trinajstić information content (AvgIpc) is 2.79. The molecule has 0 spiro atoms. The van der Waals surface area contributed by atoms with E-state index >= 15 is 0 Å². The number of carbonyl (C=O) groups excluding carboxylic acids is 1. The number of aryl methyl sites for hydroxylation is 1. The summed E-state index contributed by atoms with van der Waals surface area (Å²) in [6, 6.07) is 12.1. The molecule has 2 aromatic heterocycles. The summed E-state index contributed by atoms with van der Waals surface area (Å²) in [5, 5.41) is 0. The van der Waals surface area contributed by atoms with Crippen LogP contribution in [0.3, 0.4) is 0 Å². The van der Waals surface area contributed by atoms with Crippen molar-refractivity contribution in [2.24, 2.45) is 0 Å². The number of esters is 1. The summed E-state index contributed by atoms with van der Waals surface area (Å²) in [6.07, 6.45) is 2.98. The molecule has 1 fully saturated rings. The topological polar surface area (TPSA) is 84.3 Å². The molecule has 0 unspecified atom stereocenters. The Morgan fingerprint density at radius 3 is 2.53 bits per heavy atom. The van der Waals surface area contributed by atoms with Crippen LogP contribution < -0.4 is 9.80 Å². The number of carbonyl (C=O) groups is 1. The zero-order valence-electron chi connectivity index (χ0n) is 17.2. The first-order valence-electron chi connectivity index (χ1n) is 10.0. The molecule has 1 aliphatic heterocycles. The lowest BCUT2D eigenvalue weighted by Gasteiger charge is -2.36. The number of rotatable bonds is 5. The van der Waals surface area contributed by atoms with Crippen molar-refractivity contribution in [1.29, 1.82) is 0 Å². The summed E-state index contributed by atoms with van der Waals surface area (Å²) in [5.41, 5.74) is 2.39. The molecule has 8 heteroatoms. The van der Waals surface area contributed by atoms with Crippen molar-refractivity contribution in [3.05, 3.63) is 60.3 Å². The van der Waals surface area contributed by atoms with Crippen LogP contribution in [0.15, 0.2) is 48.9 Å². The minimum absolute atomic E-state index is 0.317. The Kier molecular flexibility index (Phi) is 5.83. The van der Waals surface area contributed by atoms with E-state index in [-0.39, 0.29) is 0 Å². The molecular formula is C22H24N6O2. The zero-order valence-corrected chi connectivity index (χ0v) is 17.2. The third-order valence-corrected chi connectivity index (χ3v) is 4.98. The highest BCUT2D eigenvalue weighted by molar-refractivity contribution is 5.94. The third kappa shape index (κ3) is 4.22. The molecule has 0 bridgehead atoms. The summed E-state index contributed by atoms with van der Waals surface area (Å²) in [5.74, 6) is 1.88. The first-order chi connectivity index (χ1) is 14.7. The third-order valence-electron chi connectivity index (χ3n) is 4.98. The number of hydrogen-bond donors (Lipinski definition) is 0. The van der Waals surface area contributed by atoms with E-state index in [1.807, 2.05) is 31.2 Å². The molecule has 0 saturated carbocycles. The van der Waals surface area contributed by atoms with E-state index in [9.17, 15) is 4.79 Å². The van der Waals surface area contributed by atoms with E-state index in [0.717, 1.165) is 36.0 Å². The van der Waals surface area contributed by atoms with Gasteiger partial charge in [-0.1, -0.05) is 30.3 Å². The van der Waals surface area contributed by atoms with E-state index in [2.05, 4.69) is 41.9 Å². The van der Waals surface area contributed by atoms with Crippen LogP contribution in [-0.2, 0) is 4.74 Å². The van der Waals surface area contributed by atoms with Gasteiger partial charge in [-0.15, -0.1) is 0 Å². The Hall–Kier alpha value is -3.55. The highest BCUT2D eigenvalue weighted by Crippen LogP contribution is 2.24. The van der Waals surface area contributed by atoms with Gasteiger partial charge in [0.2, 0.25) is 0 Å². The predicted molar refractivity (Wildman–Crippen MR) is 115 cm³/mol. The lowest BCUT2D eigenvalue weighted by atomic mass is 10.1. The molecule has 0 N–H and O–H groups in total. The van der Waals surface area contributed by atoms with Gasteiger partial charge in [-0.25, -0.2) is 24.7 Å². The second-order valence-electron chi connectivity index (χ2n) is 6.98. The van der Waals surface area contributed by atoms with E-state index in [4.69, 9.17) is 4.74 Å². The van der Waals surface area contributed by atoms with E-state index in [0.29, 0.717) is 31.1 Å². The zero-order chi connectivity index (χ0) is 20.9. The molecule has 0 aliphatic carbocycles.